The molecule has 2 aromatic carbocycles. The van der Waals surface area contributed by atoms with E-state index in [0.29, 0.717) is 11.5 Å². The van der Waals surface area contributed by atoms with Crippen LogP contribution >= 0.6 is 0 Å². The lowest BCUT2D eigenvalue weighted by Gasteiger charge is -2.06. The minimum atomic E-state index is 0.716. The third kappa shape index (κ3) is 2.74. The second-order valence-electron chi connectivity index (χ2n) is 4.54. The van der Waals surface area contributed by atoms with Crippen molar-refractivity contribution in [3.8, 4) is 34.1 Å². The predicted octanol–water partition coefficient (Wildman–Crippen LogP) is 4.03. The van der Waals surface area contributed by atoms with E-state index >= 15 is 0 Å². The van der Waals surface area contributed by atoms with Crippen LogP contribution in [0, 0.1) is 0 Å². The van der Waals surface area contributed by atoms with Crippen LogP contribution in [0.1, 0.15) is 0 Å². The molecule has 0 fully saturated rings. The van der Waals surface area contributed by atoms with Crippen molar-refractivity contribution >= 4 is 0 Å². The minimum Gasteiger partial charge on any atom is -0.497 e. The quantitative estimate of drug-likeness (QED) is 0.724. The Bertz CT molecular complexity index is 713. The first kappa shape index (κ1) is 13.2. The van der Waals surface area contributed by atoms with Crippen molar-refractivity contribution in [2.75, 3.05) is 14.2 Å². The molecule has 0 aliphatic heterocycles. The Balaban J connectivity index is 2.00. The third-order valence-electron chi connectivity index (χ3n) is 3.22. The summed E-state index contributed by atoms with van der Waals surface area (Å²) < 4.78 is 16.0. The van der Waals surface area contributed by atoms with Crippen LogP contribution in [0.2, 0.25) is 0 Å². The molecule has 0 aliphatic rings. The van der Waals surface area contributed by atoms with E-state index in [2.05, 4.69) is 5.16 Å². The molecular weight excluding hydrogens is 266 g/mol. The first-order valence-electron chi connectivity index (χ1n) is 6.56. The molecule has 1 aromatic heterocycles. The van der Waals surface area contributed by atoms with Crippen molar-refractivity contribution in [1.82, 2.24) is 5.16 Å². The second-order valence-corrected chi connectivity index (χ2v) is 4.54. The molecule has 4 nitrogen and oxygen atoms in total. The van der Waals surface area contributed by atoms with Gasteiger partial charge < -0.3 is 14.0 Å². The molecule has 0 amide bonds. The van der Waals surface area contributed by atoms with E-state index in [1.54, 1.807) is 14.2 Å². The standard InChI is InChI=1S/C17H15NO3/c1-19-14-8-13(9-15(10-14)20-2)16-11-17(21-18-16)12-6-4-3-5-7-12/h3-11H,1-2H3. The van der Waals surface area contributed by atoms with Gasteiger partial charge in [-0.3, -0.25) is 0 Å². The number of nitrogens with zero attached hydrogens (tertiary/aromatic N) is 1. The Kier molecular flexibility index (Phi) is 3.60. The van der Waals surface area contributed by atoms with Gasteiger partial charge in [0.1, 0.15) is 17.2 Å². The summed E-state index contributed by atoms with van der Waals surface area (Å²) in [4.78, 5) is 0. The Morgan fingerprint density at radius 1 is 0.810 bits per heavy atom. The molecule has 0 spiro atoms. The highest BCUT2D eigenvalue weighted by atomic mass is 16.5. The topological polar surface area (TPSA) is 44.5 Å². The largest absolute Gasteiger partial charge is 0.497 e. The number of hydrogen-bond acceptors (Lipinski definition) is 4. The molecule has 3 rings (SSSR count). The minimum absolute atomic E-state index is 0.716. The van der Waals surface area contributed by atoms with Gasteiger partial charge in [-0.1, -0.05) is 35.5 Å². The first-order valence-corrected chi connectivity index (χ1v) is 6.56. The SMILES string of the molecule is COc1cc(OC)cc(-c2cc(-c3ccccc3)on2)c1. The molecule has 0 aliphatic carbocycles. The molecule has 0 N–H and O–H groups in total. The number of aromatic nitrogens is 1. The van der Waals surface area contributed by atoms with Crippen molar-refractivity contribution in [3.05, 3.63) is 54.6 Å². The Labute approximate surface area is 122 Å². The number of benzene rings is 2. The summed E-state index contributed by atoms with van der Waals surface area (Å²) in [5.41, 5.74) is 2.62. The average Bonchev–Trinajstić information content (AvgIpc) is 3.05. The van der Waals surface area contributed by atoms with Crippen LogP contribution in [0.25, 0.3) is 22.6 Å². The maximum absolute atomic E-state index is 5.42. The van der Waals surface area contributed by atoms with E-state index in [1.807, 2.05) is 54.6 Å². The van der Waals surface area contributed by atoms with Gasteiger partial charge in [0.05, 0.1) is 14.2 Å². The molecule has 3 aromatic rings. The van der Waals surface area contributed by atoms with Crippen molar-refractivity contribution in [2.45, 2.75) is 0 Å². The van der Waals surface area contributed by atoms with Crippen molar-refractivity contribution in [1.29, 1.82) is 0 Å². The highest BCUT2D eigenvalue weighted by molar-refractivity contribution is 5.68. The van der Waals surface area contributed by atoms with E-state index in [0.717, 1.165) is 22.6 Å². The van der Waals surface area contributed by atoms with Crippen LogP contribution in [-0.2, 0) is 0 Å². The van der Waals surface area contributed by atoms with Gasteiger partial charge in [-0.05, 0) is 12.1 Å². The average molecular weight is 281 g/mol. The van der Waals surface area contributed by atoms with E-state index in [4.69, 9.17) is 14.0 Å². The smallest absolute Gasteiger partial charge is 0.167 e. The Morgan fingerprint density at radius 2 is 1.48 bits per heavy atom. The Hall–Kier alpha value is -2.75. The van der Waals surface area contributed by atoms with Crippen LogP contribution in [0.3, 0.4) is 0 Å². The molecule has 4 heteroatoms. The summed E-state index contributed by atoms with van der Waals surface area (Å²) in [5.74, 6) is 2.16. The van der Waals surface area contributed by atoms with Gasteiger partial charge in [-0.15, -0.1) is 0 Å². The zero-order chi connectivity index (χ0) is 14.7. The molecule has 0 saturated carbocycles. The Morgan fingerprint density at radius 3 is 2.10 bits per heavy atom. The highest BCUT2D eigenvalue weighted by Gasteiger charge is 2.10. The summed E-state index contributed by atoms with van der Waals surface area (Å²) in [7, 11) is 3.24. The summed E-state index contributed by atoms with van der Waals surface area (Å²) >= 11 is 0. The number of rotatable bonds is 4. The zero-order valence-electron chi connectivity index (χ0n) is 11.9. The van der Waals surface area contributed by atoms with Crippen LogP contribution in [0.4, 0.5) is 0 Å². The normalized spacial score (nSPS) is 10.4. The monoisotopic (exact) mass is 281 g/mol. The van der Waals surface area contributed by atoms with Gasteiger partial charge in [-0.25, -0.2) is 0 Å². The lowest BCUT2D eigenvalue weighted by atomic mass is 10.1. The van der Waals surface area contributed by atoms with Gasteiger partial charge in [0.25, 0.3) is 0 Å². The van der Waals surface area contributed by atoms with Crippen LogP contribution in [-0.4, -0.2) is 19.4 Å². The molecular formula is C17H15NO3. The fourth-order valence-corrected chi connectivity index (χ4v) is 2.11. The predicted molar refractivity (Wildman–Crippen MR) is 80.5 cm³/mol. The molecule has 0 bridgehead atoms. The number of ether oxygens (including phenoxy) is 2. The summed E-state index contributed by atoms with van der Waals surface area (Å²) in [6, 6.07) is 17.4. The molecule has 0 saturated heterocycles. The third-order valence-corrected chi connectivity index (χ3v) is 3.22. The van der Waals surface area contributed by atoms with E-state index < -0.39 is 0 Å². The van der Waals surface area contributed by atoms with E-state index in [-0.39, 0.29) is 0 Å². The fraction of sp³-hybridized carbons (Fsp3) is 0.118. The van der Waals surface area contributed by atoms with Gasteiger partial charge in [-0.2, -0.15) is 0 Å². The van der Waals surface area contributed by atoms with Crippen molar-refractivity contribution < 1.29 is 14.0 Å². The second kappa shape index (κ2) is 5.71. The van der Waals surface area contributed by atoms with Gasteiger partial charge in [0, 0.05) is 23.3 Å². The summed E-state index contributed by atoms with van der Waals surface area (Å²) in [6.45, 7) is 0. The molecule has 21 heavy (non-hydrogen) atoms. The lowest BCUT2D eigenvalue weighted by molar-refractivity contribution is 0.394. The lowest BCUT2D eigenvalue weighted by Crippen LogP contribution is -1.88. The summed E-state index contributed by atoms with van der Waals surface area (Å²) in [6.07, 6.45) is 0. The number of hydrogen-bond donors (Lipinski definition) is 0. The van der Waals surface area contributed by atoms with Crippen LogP contribution in [0.15, 0.2) is 59.1 Å². The van der Waals surface area contributed by atoms with E-state index in [1.165, 1.54) is 0 Å². The maximum atomic E-state index is 5.42. The van der Waals surface area contributed by atoms with Gasteiger partial charge in [0.2, 0.25) is 0 Å². The van der Waals surface area contributed by atoms with Gasteiger partial charge in [0.15, 0.2) is 5.76 Å². The summed E-state index contributed by atoms with van der Waals surface area (Å²) in [5, 5.41) is 4.13. The van der Waals surface area contributed by atoms with E-state index in [9.17, 15) is 0 Å². The van der Waals surface area contributed by atoms with Crippen LogP contribution < -0.4 is 9.47 Å². The first-order chi connectivity index (χ1) is 10.3. The molecule has 0 unspecified atom stereocenters. The highest BCUT2D eigenvalue weighted by Crippen LogP contribution is 2.31. The zero-order valence-corrected chi connectivity index (χ0v) is 11.9. The molecule has 106 valence electrons. The van der Waals surface area contributed by atoms with Crippen molar-refractivity contribution in [3.63, 3.8) is 0 Å². The van der Waals surface area contributed by atoms with Crippen LogP contribution in [0.5, 0.6) is 11.5 Å². The molecule has 0 radical (unpaired) electrons. The maximum Gasteiger partial charge on any atom is 0.167 e. The molecule has 1 heterocycles. The van der Waals surface area contributed by atoms with Gasteiger partial charge >= 0.3 is 0 Å². The molecule has 0 atom stereocenters. The fourth-order valence-electron chi connectivity index (χ4n) is 2.11. The van der Waals surface area contributed by atoms with Crippen molar-refractivity contribution in [2.24, 2.45) is 0 Å². The number of methoxy groups -OCH3 is 2.